The van der Waals surface area contributed by atoms with Gasteiger partial charge in [0.25, 0.3) is 0 Å². The van der Waals surface area contributed by atoms with Crippen molar-refractivity contribution in [2.24, 2.45) is 0 Å². The molecule has 11 aromatic rings. The molecule has 248 valence electrons. The summed E-state index contributed by atoms with van der Waals surface area (Å²) >= 11 is 3.59. The zero-order valence-corrected chi connectivity index (χ0v) is 29.8. The molecule has 0 unspecified atom stereocenters. The molecule has 0 saturated carbocycles. The Morgan fingerprint density at radius 2 is 0.981 bits per heavy atom. The average Bonchev–Trinajstić information content (AvgIpc) is 3.92. The highest BCUT2D eigenvalue weighted by molar-refractivity contribution is 7.26. The van der Waals surface area contributed by atoms with Gasteiger partial charge in [-0.05, 0) is 48.5 Å². The summed E-state index contributed by atoms with van der Waals surface area (Å²) in [7, 11) is 0. The third-order valence-electron chi connectivity index (χ3n) is 9.88. The van der Waals surface area contributed by atoms with E-state index in [4.69, 9.17) is 19.9 Å². The molecule has 0 bridgehead atoms. The fraction of sp³-hybridized carbons (Fsp3) is 0. The van der Waals surface area contributed by atoms with Gasteiger partial charge >= 0.3 is 0 Å². The fourth-order valence-electron chi connectivity index (χ4n) is 7.50. The number of aromatic nitrogens is 5. The molecule has 4 heterocycles. The number of rotatable bonds is 5. The number of para-hydroxylation sites is 3. The van der Waals surface area contributed by atoms with Crippen molar-refractivity contribution in [3.63, 3.8) is 0 Å². The van der Waals surface area contributed by atoms with Crippen molar-refractivity contribution in [1.29, 1.82) is 0 Å². The van der Waals surface area contributed by atoms with Crippen LogP contribution in [0.1, 0.15) is 0 Å². The van der Waals surface area contributed by atoms with Gasteiger partial charge in [-0.1, -0.05) is 115 Å². The van der Waals surface area contributed by atoms with E-state index in [1.54, 1.807) is 22.7 Å². The summed E-state index contributed by atoms with van der Waals surface area (Å²) in [6.45, 7) is 0. The van der Waals surface area contributed by atoms with Crippen molar-refractivity contribution in [2.45, 2.75) is 0 Å². The van der Waals surface area contributed by atoms with Crippen LogP contribution in [0.15, 0.2) is 164 Å². The minimum atomic E-state index is 0.653. The molecule has 7 aromatic carbocycles. The number of hydrogen-bond acceptors (Lipinski definition) is 6. The van der Waals surface area contributed by atoms with Gasteiger partial charge in [0.05, 0.1) is 11.0 Å². The Morgan fingerprint density at radius 3 is 1.74 bits per heavy atom. The van der Waals surface area contributed by atoms with Crippen LogP contribution in [-0.4, -0.2) is 24.5 Å². The smallest absolute Gasteiger partial charge is 0.164 e. The zero-order valence-electron chi connectivity index (χ0n) is 28.1. The summed E-state index contributed by atoms with van der Waals surface area (Å²) in [5.74, 6) is 2.90. The lowest BCUT2D eigenvalue weighted by atomic mass is 10.0. The van der Waals surface area contributed by atoms with E-state index in [0.717, 1.165) is 50.2 Å². The number of hydrogen-bond donors (Lipinski definition) is 0. The molecule has 11 rings (SSSR count). The minimum absolute atomic E-state index is 0.653. The molecule has 0 amide bonds. The number of imidazole rings is 1. The zero-order chi connectivity index (χ0) is 34.9. The third-order valence-corrected chi connectivity index (χ3v) is 12.1. The molecule has 0 aliphatic rings. The lowest BCUT2D eigenvalue weighted by molar-refractivity contribution is 1.08. The van der Waals surface area contributed by atoms with Crippen molar-refractivity contribution in [3.05, 3.63) is 164 Å². The molecule has 0 saturated heterocycles. The third kappa shape index (κ3) is 4.89. The number of benzene rings is 7. The summed E-state index contributed by atoms with van der Waals surface area (Å²) in [5.41, 5.74) is 7.15. The Morgan fingerprint density at radius 1 is 0.396 bits per heavy atom. The molecule has 0 aliphatic heterocycles. The maximum absolute atomic E-state index is 5.28. The Balaban J connectivity index is 1.12. The van der Waals surface area contributed by atoms with E-state index >= 15 is 0 Å². The van der Waals surface area contributed by atoms with Crippen LogP contribution in [-0.2, 0) is 0 Å². The van der Waals surface area contributed by atoms with E-state index in [0.29, 0.717) is 17.5 Å². The first-order valence-electron chi connectivity index (χ1n) is 17.5. The second-order valence-electron chi connectivity index (χ2n) is 13.0. The van der Waals surface area contributed by atoms with Crippen LogP contribution >= 0.6 is 22.7 Å². The Kier molecular flexibility index (Phi) is 6.83. The van der Waals surface area contributed by atoms with E-state index in [-0.39, 0.29) is 0 Å². The van der Waals surface area contributed by atoms with Crippen molar-refractivity contribution in [1.82, 2.24) is 24.5 Å². The van der Waals surface area contributed by atoms with Gasteiger partial charge in [0.2, 0.25) is 0 Å². The first-order chi connectivity index (χ1) is 26.3. The van der Waals surface area contributed by atoms with E-state index in [2.05, 4.69) is 138 Å². The molecular formula is C46H27N5S2. The van der Waals surface area contributed by atoms with Crippen molar-refractivity contribution in [3.8, 4) is 51.2 Å². The quantitative estimate of drug-likeness (QED) is 0.178. The molecule has 5 nitrogen and oxygen atoms in total. The van der Waals surface area contributed by atoms with Crippen LogP contribution in [0.3, 0.4) is 0 Å². The first-order valence-corrected chi connectivity index (χ1v) is 19.1. The van der Waals surface area contributed by atoms with Crippen molar-refractivity contribution < 1.29 is 0 Å². The van der Waals surface area contributed by atoms with Gasteiger partial charge in [-0.25, -0.2) is 19.9 Å². The summed E-state index contributed by atoms with van der Waals surface area (Å²) in [6.07, 6.45) is 0. The van der Waals surface area contributed by atoms with E-state index in [1.807, 2.05) is 30.3 Å². The summed E-state index contributed by atoms with van der Waals surface area (Å²) in [5, 5.41) is 4.71. The maximum Gasteiger partial charge on any atom is 0.164 e. The molecule has 0 radical (unpaired) electrons. The maximum atomic E-state index is 5.28. The molecule has 0 spiro atoms. The van der Waals surface area contributed by atoms with E-state index < -0.39 is 0 Å². The molecule has 0 fully saturated rings. The first kappa shape index (κ1) is 30.1. The van der Waals surface area contributed by atoms with Gasteiger partial charge in [-0.2, -0.15) is 0 Å². The number of fused-ring (bicyclic) bond motifs is 7. The van der Waals surface area contributed by atoms with Gasteiger partial charge in [-0.15, -0.1) is 22.7 Å². The lowest BCUT2D eigenvalue weighted by Gasteiger charge is -2.11. The standard InChI is InChI=1S/C46H27N5S2/c1-3-13-28(14-4-1)43-48-44(33-18-11-23-38-41(33)31-17-7-10-22-37(31)52-38)50-45(49-43)34-19-12-24-39-42(34)32-26-25-29(27-40(32)53-39)46-47-35-20-8-9-21-36(35)51(46)30-15-5-2-6-16-30/h1-27H. The Labute approximate surface area is 312 Å². The Hall–Kier alpha value is -6.54. The van der Waals surface area contributed by atoms with Crippen LogP contribution in [0.5, 0.6) is 0 Å². The molecule has 4 aromatic heterocycles. The highest BCUT2D eigenvalue weighted by atomic mass is 32.1. The lowest BCUT2D eigenvalue weighted by Crippen LogP contribution is -2.00. The molecule has 0 N–H and O–H groups in total. The van der Waals surface area contributed by atoms with Crippen LogP contribution in [0, 0.1) is 0 Å². The van der Waals surface area contributed by atoms with Crippen LogP contribution in [0.25, 0.3) is 103 Å². The molecule has 0 atom stereocenters. The topological polar surface area (TPSA) is 56.5 Å². The van der Waals surface area contributed by atoms with Gasteiger partial charge in [0.15, 0.2) is 17.5 Å². The molecule has 7 heteroatoms. The predicted octanol–water partition coefficient (Wildman–Crippen LogP) is 12.6. The second kappa shape index (κ2) is 12.0. The average molecular weight is 714 g/mol. The van der Waals surface area contributed by atoms with E-state index in [9.17, 15) is 0 Å². The largest absolute Gasteiger partial charge is 0.292 e. The molecule has 0 aliphatic carbocycles. The Bertz CT molecular complexity index is 3180. The number of thiophene rings is 2. The van der Waals surface area contributed by atoms with Gasteiger partial charge in [0, 0.05) is 68.3 Å². The predicted molar refractivity (Wildman–Crippen MR) is 222 cm³/mol. The molecule has 53 heavy (non-hydrogen) atoms. The fourth-order valence-corrected chi connectivity index (χ4v) is 9.81. The van der Waals surface area contributed by atoms with Crippen molar-refractivity contribution >= 4 is 74.1 Å². The van der Waals surface area contributed by atoms with Gasteiger partial charge in [-0.3, -0.25) is 4.57 Å². The second-order valence-corrected chi connectivity index (χ2v) is 15.2. The highest BCUT2D eigenvalue weighted by Gasteiger charge is 2.21. The molecular weight excluding hydrogens is 687 g/mol. The van der Waals surface area contributed by atoms with Crippen LogP contribution in [0.2, 0.25) is 0 Å². The SMILES string of the molecule is c1ccc(-c2nc(-c3cccc4sc5ccccc5c34)nc(-c3cccc4sc5cc(-c6nc7ccccc7n6-c6ccccc6)ccc5c34)n2)cc1. The van der Waals surface area contributed by atoms with Crippen LogP contribution < -0.4 is 0 Å². The highest BCUT2D eigenvalue weighted by Crippen LogP contribution is 2.43. The van der Waals surface area contributed by atoms with E-state index in [1.165, 1.54) is 35.0 Å². The summed E-state index contributed by atoms with van der Waals surface area (Å²) in [6, 6.07) is 57.2. The number of nitrogens with zero attached hydrogens (tertiary/aromatic N) is 5. The van der Waals surface area contributed by atoms with Crippen molar-refractivity contribution in [2.75, 3.05) is 0 Å². The summed E-state index contributed by atoms with van der Waals surface area (Å²) < 4.78 is 7.09. The van der Waals surface area contributed by atoms with Crippen LogP contribution in [0.4, 0.5) is 0 Å². The van der Waals surface area contributed by atoms with Gasteiger partial charge in [0.1, 0.15) is 5.82 Å². The summed E-state index contributed by atoms with van der Waals surface area (Å²) in [4.78, 5) is 20.7. The van der Waals surface area contributed by atoms with Gasteiger partial charge < -0.3 is 0 Å². The minimum Gasteiger partial charge on any atom is -0.292 e. The normalized spacial score (nSPS) is 11.8. The monoisotopic (exact) mass is 713 g/mol.